The highest BCUT2D eigenvalue weighted by Gasteiger charge is 2.28. The molecule has 80 valence electrons. The number of rotatable bonds is 5. The van der Waals surface area contributed by atoms with Crippen molar-refractivity contribution >= 4 is 0 Å². The number of hydrazine groups is 1. The lowest BCUT2D eigenvalue weighted by Crippen LogP contribution is -2.40. The lowest BCUT2D eigenvalue weighted by Gasteiger charge is -2.22. The number of hydrogen-bond acceptors (Lipinski definition) is 2. The van der Waals surface area contributed by atoms with E-state index in [1.165, 1.54) is 25.7 Å². The highest BCUT2D eigenvalue weighted by molar-refractivity contribution is 4.89. The Morgan fingerprint density at radius 3 is 2.86 bits per heavy atom. The maximum atomic E-state index is 5.56. The molecule has 2 nitrogen and oxygen atoms in total. The third-order valence-corrected chi connectivity index (χ3v) is 3.54. The van der Waals surface area contributed by atoms with E-state index >= 15 is 0 Å². The van der Waals surface area contributed by atoms with Crippen molar-refractivity contribution in [3.8, 4) is 12.3 Å². The van der Waals surface area contributed by atoms with Crippen molar-refractivity contribution in [3.63, 3.8) is 0 Å². The zero-order chi connectivity index (χ0) is 10.4. The van der Waals surface area contributed by atoms with Gasteiger partial charge in [0.15, 0.2) is 0 Å². The first-order valence-electron chi connectivity index (χ1n) is 5.71. The zero-order valence-corrected chi connectivity index (χ0v) is 9.13. The largest absolute Gasteiger partial charge is 0.271 e. The van der Waals surface area contributed by atoms with Crippen LogP contribution in [-0.4, -0.2) is 6.04 Å². The van der Waals surface area contributed by atoms with Crippen LogP contribution in [0.5, 0.6) is 0 Å². The average molecular weight is 194 g/mol. The van der Waals surface area contributed by atoms with Gasteiger partial charge in [0.25, 0.3) is 0 Å². The predicted molar refractivity (Wildman–Crippen MR) is 60.3 cm³/mol. The number of nitrogens with two attached hydrogens (primary N) is 1. The van der Waals surface area contributed by atoms with Crippen molar-refractivity contribution in [2.45, 2.75) is 51.5 Å². The van der Waals surface area contributed by atoms with Crippen molar-refractivity contribution < 1.29 is 0 Å². The van der Waals surface area contributed by atoms with Crippen molar-refractivity contribution in [3.05, 3.63) is 0 Å². The summed E-state index contributed by atoms with van der Waals surface area (Å²) in [4.78, 5) is 0. The second-order valence-electron chi connectivity index (χ2n) is 4.36. The molecule has 3 unspecified atom stereocenters. The van der Waals surface area contributed by atoms with E-state index in [2.05, 4.69) is 18.3 Å². The van der Waals surface area contributed by atoms with Crippen molar-refractivity contribution in [1.82, 2.24) is 5.43 Å². The van der Waals surface area contributed by atoms with Crippen molar-refractivity contribution in [1.29, 1.82) is 0 Å². The Kier molecular flexibility index (Phi) is 5.00. The zero-order valence-electron chi connectivity index (χ0n) is 9.13. The third-order valence-electron chi connectivity index (χ3n) is 3.54. The summed E-state index contributed by atoms with van der Waals surface area (Å²) in [6.07, 6.45) is 12.4. The molecule has 0 spiro atoms. The van der Waals surface area contributed by atoms with Crippen LogP contribution in [-0.2, 0) is 0 Å². The van der Waals surface area contributed by atoms with Crippen molar-refractivity contribution in [2.24, 2.45) is 17.7 Å². The van der Waals surface area contributed by atoms with Crippen LogP contribution in [0.15, 0.2) is 0 Å². The van der Waals surface area contributed by atoms with E-state index in [-0.39, 0.29) is 0 Å². The first-order chi connectivity index (χ1) is 6.81. The summed E-state index contributed by atoms with van der Waals surface area (Å²) in [5, 5.41) is 0. The Morgan fingerprint density at radius 2 is 2.36 bits per heavy atom. The number of terminal acetylenes is 1. The SMILES string of the molecule is C#CCCC(NN)C1CCC(CC)C1. The second kappa shape index (κ2) is 6.06. The standard InChI is InChI=1S/C12H22N2/c1-3-5-6-12(14-13)11-8-7-10(4-2)9-11/h1,10-12,14H,4-9,13H2,2H3. The predicted octanol–water partition coefficient (Wildman–Crippen LogP) is 2.06. The Bertz CT molecular complexity index is 195. The summed E-state index contributed by atoms with van der Waals surface area (Å²) in [5.74, 6) is 9.91. The molecule has 1 aliphatic rings. The molecule has 14 heavy (non-hydrogen) atoms. The molecule has 0 aliphatic heterocycles. The Morgan fingerprint density at radius 1 is 1.57 bits per heavy atom. The molecule has 1 rings (SSSR count). The van der Waals surface area contributed by atoms with Gasteiger partial charge in [0, 0.05) is 12.5 Å². The van der Waals surface area contributed by atoms with Crippen LogP contribution in [0.4, 0.5) is 0 Å². The van der Waals surface area contributed by atoms with Gasteiger partial charge in [-0.15, -0.1) is 12.3 Å². The van der Waals surface area contributed by atoms with E-state index in [0.717, 1.165) is 24.7 Å². The number of hydrogen-bond donors (Lipinski definition) is 2. The molecule has 0 saturated heterocycles. The number of nitrogens with one attached hydrogen (secondary N) is 1. The van der Waals surface area contributed by atoms with Gasteiger partial charge < -0.3 is 0 Å². The third kappa shape index (κ3) is 3.01. The molecule has 2 heteroatoms. The first-order valence-corrected chi connectivity index (χ1v) is 5.71. The highest BCUT2D eigenvalue weighted by Crippen LogP contribution is 2.35. The summed E-state index contributed by atoms with van der Waals surface area (Å²) in [6.45, 7) is 2.28. The Hall–Kier alpha value is -0.520. The fourth-order valence-corrected chi connectivity index (χ4v) is 2.54. The molecule has 0 aromatic carbocycles. The average Bonchev–Trinajstić information content (AvgIpc) is 2.68. The van der Waals surface area contributed by atoms with Gasteiger partial charge in [-0.3, -0.25) is 11.3 Å². The molecule has 1 aliphatic carbocycles. The summed E-state index contributed by atoms with van der Waals surface area (Å²) in [7, 11) is 0. The van der Waals surface area contributed by atoms with Crippen LogP contribution >= 0.6 is 0 Å². The van der Waals surface area contributed by atoms with Gasteiger partial charge >= 0.3 is 0 Å². The highest BCUT2D eigenvalue weighted by atomic mass is 15.2. The van der Waals surface area contributed by atoms with Crippen LogP contribution in [0.2, 0.25) is 0 Å². The van der Waals surface area contributed by atoms with Gasteiger partial charge in [0.05, 0.1) is 0 Å². The van der Waals surface area contributed by atoms with Crippen LogP contribution in [0.1, 0.15) is 45.4 Å². The molecule has 3 N–H and O–H groups in total. The fraction of sp³-hybridized carbons (Fsp3) is 0.833. The molecular formula is C12H22N2. The molecule has 0 amide bonds. The quantitative estimate of drug-likeness (QED) is 0.399. The molecule has 3 atom stereocenters. The minimum Gasteiger partial charge on any atom is -0.271 e. The van der Waals surface area contributed by atoms with Gasteiger partial charge in [-0.25, -0.2) is 0 Å². The molecule has 0 aromatic rings. The van der Waals surface area contributed by atoms with Crippen LogP contribution < -0.4 is 11.3 Å². The van der Waals surface area contributed by atoms with Crippen LogP contribution in [0, 0.1) is 24.2 Å². The van der Waals surface area contributed by atoms with Crippen LogP contribution in [0.25, 0.3) is 0 Å². The smallest absolute Gasteiger partial charge is 0.0247 e. The molecule has 0 aromatic heterocycles. The maximum absolute atomic E-state index is 5.56. The van der Waals surface area contributed by atoms with Gasteiger partial charge in [-0.2, -0.15) is 0 Å². The Balaban J connectivity index is 2.35. The van der Waals surface area contributed by atoms with E-state index in [1.807, 2.05) is 0 Å². The first kappa shape index (κ1) is 11.6. The topological polar surface area (TPSA) is 38.0 Å². The summed E-state index contributed by atoms with van der Waals surface area (Å²) in [5.41, 5.74) is 2.93. The minimum absolute atomic E-state index is 0.433. The maximum Gasteiger partial charge on any atom is 0.0247 e. The van der Waals surface area contributed by atoms with Gasteiger partial charge in [0.1, 0.15) is 0 Å². The van der Waals surface area contributed by atoms with E-state index in [1.54, 1.807) is 0 Å². The van der Waals surface area contributed by atoms with E-state index in [0.29, 0.717) is 6.04 Å². The van der Waals surface area contributed by atoms with Gasteiger partial charge in [-0.1, -0.05) is 19.8 Å². The van der Waals surface area contributed by atoms with E-state index in [9.17, 15) is 0 Å². The second-order valence-corrected chi connectivity index (χ2v) is 4.36. The molecular weight excluding hydrogens is 172 g/mol. The fourth-order valence-electron chi connectivity index (χ4n) is 2.54. The molecule has 1 fully saturated rings. The molecule has 1 saturated carbocycles. The molecule has 0 heterocycles. The lowest BCUT2D eigenvalue weighted by molar-refractivity contribution is 0.336. The normalized spacial score (nSPS) is 28.6. The Labute approximate surface area is 87.6 Å². The monoisotopic (exact) mass is 194 g/mol. The van der Waals surface area contributed by atoms with Crippen LogP contribution in [0.3, 0.4) is 0 Å². The summed E-state index contributed by atoms with van der Waals surface area (Å²) < 4.78 is 0. The molecule has 0 bridgehead atoms. The summed E-state index contributed by atoms with van der Waals surface area (Å²) in [6, 6.07) is 0.433. The minimum atomic E-state index is 0.433. The van der Waals surface area contributed by atoms with Crippen molar-refractivity contribution in [2.75, 3.05) is 0 Å². The summed E-state index contributed by atoms with van der Waals surface area (Å²) >= 11 is 0. The van der Waals surface area contributed by atoms with E-state index in [4.69, 9.17) is 12.3 Å². The van der Waals surface area contributed by atoms with E-state index < -0.39 is 0 Å². The lowest BCUT2D eigenvalue weighted by atomic mass is 9.93. The van der Waals surface area contributed by atoms with Gasteiger partial charge in [-0.05, 0) is 31.1 Å². The molecule has 0 radical (unpaired) electrons. The van der Waals surface area contributed by atoms with Gasteiger partial charge in [0.2, 0.25) is 0 Å².